The lowest BCUT2D eigenvalue weighted by Crippen LogP contribution is -2.42. The van der Waals surface area contributed by atoms with Crippen LogP contribution < -0.4 is 5.32 Å². The lowest BCUT2D eigenvalue weighted by Gasteiger charge is -2.37. The van der Waals surface area contributed by atoms with Gasteiger partial charge < -0.3 is 10.1 Å². The molecule has 0 saturated carbocycles. The van der Waals surface area contributed by atoms with Crippen LogP contribution >= 0.6 is 0 Å². The van der Waals surface area contributed by atoms with E-state index in [2.05, 4.69) is 5.32 Å². The number of nitrogens with one attached hydrogen (secondary N) is 1. The van der Waals surface area contributed by atoms with Gasteiger partial charge in [0.15, 0.2) is 11.6 Å². The highest BCUT2D eigenvalue weighted by Crippen LogP contribution is 2.34. The molecule has 1 aromatic rings. The quantitative estimate of drug-likeness (QED) is 0.851. The van der Waals surface area contributed by atoms with Crippen LogP contribution in [0.4, 0.5) is 8.78 Å². The summed E-state index contributed by atoms with van der Waals surface area (Å²) in [5.74, 6) is -1.62. The first-order valence-corrected chi connectivity index (χ1v) is 7.03. The average molecular weight is 285 g/mol. The molecule has 0 fully saturated rings. The van der Waals surface area contributed by atoms with Crippen LogP contribution in [0.25, 0.3) is 0 Å². The molecule has 0 aromatic heterocycles. The monoisotopic (exact) mass is 285 g/mol. The van der Waals surface area contributed by atoms with Gasteiger partial charge in [0.05, 0.1) is 12.1 Å². The topological polar surface area (TPSA) is 21.3 Å². The molecule has 20 heavy (non-hydrogen) atoms. The van der Waals surface area contributed by atoms with E-state index in [0.29, 0.717) is 5.56 Å². The average Bonchev–Trinajstić information content (AvgIpc) is 2.36. The van der Waals surface area contributed by atoms with Gasteiger partial charge in [0.25, 0.3) is 0 Å². The molecular formula is C16H25F2NO. The number of ether oxygens (including phenoxy) is 1. The van der Waals surface area contributed by atoms with Gasteiger partial charge in [-0.05, 0) is 24.4 Å². The Morgan fingerprint density at radius 3 is 2.40 bits per heavy atom. The SMILES string of the molecule is CCCNC(c1cccc(F)c1F)C(OC)C(C)(C)C. The number of methoxy groups -OCH3 is 1. The van der Waals surface area contributed by atoms with Crippen LogP contribution in [0.15, 0.2) is 18.2 Å². The highest BCUT2D eigenvalue weighted by molar-refractivity contribution is 5.24. The van der Waals surface area contributed by atoms with Gasteiger partial charge in [-0.15, -0.1) is 0 Å². The van der Waals surface area contributed by atoms with Gasteiger partial charge in [-0.3, -0.25) is 0 Å². The molecule has 114 valence electrons. The van der Waals surface area contributed by atoms with Crippen molar-refractivity contribution in [3.63, 3.8) is 0 Å². The Morgan fingerprint density at radius 2 is 1.90 bits per heavy atom. The largest absolute Gasteiger partial charge is 0.379 e. The zero-order valence-electron chi connectivity index (χ0n) is 13.0. The van der Waals surface area contributed by atoms with Crippen LogP contribution in [0.1, 0.15) is 45.7 Å². The standard InChI is InChI=1S/C16H25F2NO/c1-6-10-19-14(15(20-5)16(2,3)4)11-8-7-9-12(17)13(11)18/h7-9,14-15,19H,6,10H2,1-5H3. The summed E-state index contributed by atoms with van der Waals surface area (Å²) in [7, 11) is 1.60. The van der Waals surface area contributed by atoms with Crippen LogP contribution in [0.5, 0.6) is 0 Å². The summed E-state index contributed by atoms with van der Waals surface area (Å²) < 4.78 is 33.1. The molecule has 0 aliphatic heterocycles. The van der Waals surface area contributed by atoms with Gasteiger partial charge in [-0.25, -0.2) is 8.78 Å². The normalized spacial score (nSPS) is 15.2. The van der Waals surface area contributed by atoms with E-state index in [1.807, 2.05) is 27.7 Å². The van der Waals surface area contributed by atoms with E-state index in [0.717, 1.165) is 19.0 Å². The lowest BCUT2D eigenvalue weighted by molar-refractivity contribution is -0.0128. The second-order valence-corrected chi connectivity index (χ2v) is 6.10. The molecule has 0 aliphatic rings. The second kappa shape index (κ2) is 7.14. The summed E-state index contributed by atoms with van der Waals surface area (Å²) in [4.78, 5) is 0. The van der Waals surface area contributed by atoms with Gasteiger partial charge in [0, 0.05) is 12.7 Å². The Morgan fingerprint density at radius 1 is 1.25 bits per heavy atom. The van der Waals surface area contributed by atoms with E-state index in [9.17, 15) is 8.78 Å². The molecule has 2 nitrogen and oxygen atoms in total. The number of hydrogen-bond donors (Lipinski definition) is 1. The summed E-state index contributed by atoms with van der Waals surface area (Å²) in [6.45, 7) is 8.83. The zero-order chi connectivity index (χ0) is 15.3. The Bertz CT molecular complexity index is 429. The molecule has 1 N–H and O–H groups in total. The minimum Gasteiger partial charge on any atom is -0.379 e. The molecule has 0 spiro atoms. The molecule has 1 rings (SSSR count). The molecule has 0 aliphatic carbocycles. The van der Waals surface area contributed by atoms with E-state index >= 15 is 0 Å². The summed E-state index contributed by atoms with van der Waals surface area (Å²) in [5, 5.41) is 3.28. The van der Waals surface area contributed by atoms with E-state index in [4.69, 9.17) is 4.74 Å². The summed E-state index contributed by atoms with van der Waals surface area (Å²) in [6, 6.07) is 3.90. The van der Waals surface area contributed by atoms with Gasteiger partial charge in [0.2, 0.25) is 0 Å². The van der Waals surface area contributed by atoms with Crippen molar-refractivity contribution in [3.05, 3.63) is 35.4 Å². The summed E-state index contributed by atoms with van der Waals surface area (Å²) in [5.41, 5.74) is 0.124. The maximum atomic E-state index is 14.1. The summed E-state index contributed by atoms with van der Waals surface area (Å²) >= 11 is 0. The van der Waals surface area contributed by atoms with Crippen molar-refractivity contribution >= 4 is 0 Å². The number of rotatable bonds is 6. The van der Waals surface area contributed by atoms with E-state index in [1.165, 1.54) is 6.07 Å². The molecule has 0 heterocycles. The van der Waals surface area contributed by atoms with Crippen LogP contribution in [-0.2, 0) is 4.74 Å². The molecule has 2 unspecified atom stereocenters. The Balaban J connectivity index is 3.20. The van der Waals surface area contributed by atoms with Crippen molar-refractivity contribution in [3.8, 4) is 0 Å². The third kappa shape index (κ3) is 4.00. The Labute approximate surface area is 120 Å². The molecule has 1 aromatic carbocycles. The second-order valence-electron chi connectivity index (χ2n) is 6.10. The van der Waals surface area contributed by atoms with E-state index < -0.39 is 11.6 Å². The Hall–Kier alpha value is -1.00. The molecule has 2 atom stereocenters. The van der Waals surface area contributed by atoms with Gasteiger partial charge >= 0.3 is 0 Å². The molecular weight excluding hydrogens is 260 g/mol. The maximum Gasteiger partial charge on any atom is 0.163 e. The fourth-order valence-corrected chi connectivity index (χ4v) is 2.43. The smallest absolute Gasteiger partial charge is 0.163 e. The van der Waals surface area contributed by atoms with Crippen molar-refractivity contribution in [2.75, 3.05) is 13.7 Å². The highest BCUT2D eigenvalue weighted by atomic mass is 19.2. The van der Waals surface area contributed by atoms with Crippen molar-refractivity contribution in [1.29, 1.82) is 0 Å². The fourth-order valence-electron chi connectivity index (χ4n) is 2.43. The summed E-state index contributed by atoms with van der Waals surface area (Å²) in [6.07, 6.45) is 0.652. The predicted octanol–water partition coefficient (Wildman–Crippen LogP) is 4.07. The molecule has 0 amide bonds. The van der Waals surface area contributed by atoms with E-state index in [-0.39, 0.29) is 17.6 Å². The molecule has 0 radical (unpaired) electrons. The van der Waals surface area contributed by atoms with Crippen LogP contribution in [-0.4, -0.2) is 19.8 Å². The van der Waals surface area contributed by atoms with Gasteiger partial charge in [-0.1, -0.05) is 39.8 Å². The molecule has 0 saturated heterocycles. The first-order chi connectivity index (χ1) is 9.32. The van der Waals surface area contributed by atoms with Crippen molar-refractivity contribution in [1.82, 2.24) is 5.32 Å². The first-order valence-electron chi connectivity index (χ1n) is 7.03. The third-order valence-corrected chi connectivity index (χ3v) is 3.34. The predicted molar refractivity (Wildman–Crippen MR) is 77.6 cm³/mol. The van der Waals surface area contributed by atoms with Crippen molar-refractivity contribution < 1.29 is 13.5 Å². The van der Waals surface area contributed by atoms with Gasteiger partial charge in [0.1, 0.15) is 0 Å². The number of halogens is 2. The lowest BCUT2D eigenvalue weighted by atomic mass is 9.81. The maximum absolute atomic E-state index is 14.1. The minimum atomic E-state index is -0.824. The van der Waals surface area contributed by atoms with Crippen LogP contribution in [0.2, 0.25) is 0 Å². The minimum absolute atomic E-state index is 0.196. The van der Waals surface area contributed by atoms with Crippen molar-refractivity contribution in [2.45, 2.75) is 46.3 Å². The van der Waals surface area contributed by atoms with Gasteiger partial charge in [-0.2, -0.15) is 0 Å². The molecule has 4 heteroatoms. The first kappa shape index (κ1) is 17.1. The zero-order valence-corrected chi connectivity index (χ0v) is 13.0. The number of hydrogen-bond acceptors (Lipinski definition) is 2. The fraction of sp³-hybridized carbons (Fsp3) is 0.625. The van der Waals surface area contributed by atoms with Crippen molar-refractivity contribution in [2.24, 2.45) is 5.41 Å². The number of benzene rings is 1. The van der Waals surface area contributed by atoms with E-state index in [1.54, 1.807) is 13.2 Å². The third-order valence-electron chi connectivity index (χ3n) is 3.34. The van der Waals surface area contributed by atoms with Crippen LogP contribution in [0.3, 0.4) is 0 Å². The Kier molecular flexibility index (Phi) is 6.08. The highest BCUT2D eigenvalue weighted by Gasteiger charge is 2.34. The van der Waals surface area contributed by atoms with Crippen LogP contribution in [0, 0.1) is 17.0 Å². The molecule has 0 bridgehead atoms.